The van der Waals surface area contributed by atoms with Crippen LogP contribution in [0.2, 0.25) is 0 Å². The number of carbonyl (C=O) groups is 2. The lowest BCUT2D eigenvalue weighted by Crippen LogP contribution is -2.20. The highest BCUT2D eigenvalue weighted by atomic mass is 79.9. The van der Waals surface area contributed by atoms with E-state index in [-0.39, 0.29) is 5.56 Å². The van der Waals surface area contributed by atoms with Crippen molar-refractivity contribution in [1.82, 2.24) is 0 Å². The third-order valence-corrected chi connectivity index (χ3v) is 5.69. The summed E-state index contributed by atoms with van der Waals surface area (Å²) in [6.07, 6.45) is 5.11. The Morgan fingerprint density at radius 1 is 1.41 bits per heavy atom. The summed E-state index contributed by atoms with van der Waals surface area (Å²) >= 11 is 4.61. The molecule has 1 N–H and O–H groups in total. The Morgan fingerprint density at radius 3 is 3.00 bits per heavy atom. The first-order valence-electron chi connectivity index (χ1n) is 8.12. The number of aryl methyl sites for hydroxylation is 1. The van der Waals surface area contributed by atoms with Crippen LogP contribution >= 0.6 is 27.3 Å². The molecule has 1 amide bonds. The van der Waals surface area contributed by atoms with Crippen molar-refractivity contribution in [3.63, 3.8) is 0 Å². The Hall–Kier alpha value is -2.50. The summed E-state index contributed by atoms with van der Waals surface area (Å²) in [5.74, 6) is -1.77. The minimum Gasteiger partial charge on any atom is -0.452 e. The highest BCUT2D eigenvalue weighted by molar-refractivity contribution is 9.10. The van der Waals surface area contributed by atoms with Gasteiger partial charge in [-0.3, -0.25) is 4.79 Å². The Labute approximate surface area is 167 Å². The number of nitriles is 1. The van der Waals surface area contributed by atoms with Crippen LogP contribution in [-0.2, 0) is 27.2 Å². The van der Waals surface area contributed by atoms with Crippen LogP contribution in [0.3, 0.4) is 0 Å². The molecule has 0 fully saturated rings. The van der Waals surface area contributed by atoms with Crippen LogP contribution in [0.1, 0.15) is 28.0 Å². The molecule has 1 aromatic heterocycles. The van der Waals surface area contributed by atoms with Crippen LogP contribution in [0, 0.1) is 17.1 Å². The Morgan fingerprint density at radius 2 is 2.22 bits per heavy atom. The molecule has 1 heterocycles. The summed E-state index contributed by atoms with van der Waals surface area (Å²) in [6.45, 7) is -0.489. The number of hydrogen-bond donors (Lipinski definition) is 1. The Kier molecular flexibility index (Phi) is 6.04. The molecule has 1 aromatic carbocycles. The maximum Gasteiger partial charge on any atom is 0.331 e. The molecule has 0 unspecified atom stereocenters. The van der Waals surface area contributed by atoms with E-state index in [4.69, 9.17) is 4.74 Å². The monoisotopic (exact) mass is 448 g/mol. The van der Waals surface area contributed by atoms with Crippen LogP contribution in [0.5, 0.6) is 0 Å². The lowest BCUT2D eigenvalue weighted by atomic mass is 10.1. The lowest BCUT2D eigenvalue weighted by Gasteiger charge is -2.04. The van der Waals surface area contributed by atoms with Crippen LogP contribution in [0.25, 0.3) is 6.08 Å². The minimum absolute atomic E-state index is 0.220. The normalized spacial score (nSPS) is 12.6. The molecule has 138 valence electrons. The van der Waals surface area contributed by atoms with Crippen molar-refractivity contribution in [2.45, 2.75) is 19.3 Å². The molecule has 1 aliphatic rings. The smallest absolute Gasteiger partial charge is 0.331 e. The average Bonchev–Trinajstić information content (AvgIpc) is 3.21. The summed E-state index contributed by atoms with van der Waals surface area (Å²) in [5.41, 5.74) is 1.73. The van der Waals surface area contributed by atoms with E-state index in [1.807, 2.05) is 0 Å². The first-order valence-corrected chi connectivity index (χ1v) is 9.73. The van der Waals surface area contributed by atoms with E-state index in [0.29, 0.717) is 15.0 Å². The highest BCUT2D eigenvalue weighted by Crippen LogP contribution is 2.38. The van der Waals surface area contributed by atoms with Gasteiger partial charge >= 0.3 is 5.97 Å². The number of benzene rings is 1. The van der Waals surface area contributed by atoms with Crippen molar-refractivity contribution in [2.75, 3.05) is 11.9 Å². The highest BCUT2D eigenvalue weighted by Gasteiger charge is 2.23. The molecule has 5 nitrogen and oxygen atoms in total. The summed E-state index contributed by atoms with van der Waals surface area (Å²) < 4.78 is 19.1. The van der Waals surface area contributed by atoms with Gasteiger partial charge in [0, 0.05) is 21.0 Å². The SMILES string of the molecule is N#Cc1c(NC(=O)COC(=O)/C=C/c2cc(Br)ccc2F)sc2c1CCC2. The number of fused-ring (bicyclic) bond motifs is 1. The second kappa shape index (κ2) is 8.46. The van der Waals surface area contributed by atoms with E-state index >= 15 is 0 Å². The predicted molar refractivity (Wildman–Crippen MR) is 104 cm³/mol. The molecule has 0 saturated heterocycles. The van der Waals surface area contributed by atoms with Crippen molar-refractivity contribution in [2.24, 2.45) is 0 Å². The minimum atomic E-state index is -0.765. The van der Waals surface area contributed by atoms with Gasteiger partial charge in [0.15, 0.2) is 6.61 Å². The summed E-state index contributed by atoms with van der Waals surface area (Å²) in [4.78, 5) is 24.9. The zero-order valence-electron chi connectivity index (χ0n) is 14.1. The molecule has 0 spiro atoms. The van der Waals surface area contributed by atoms with Crippen LogP contribution < -0.4 is 5.32 Å². The van der Waals surface area contributed by atoms with Crippen LogP contribution in [0.4, 0.5) is 9.39 Å². The number of nitrogens with zero attached hydrogens (tertiary/aromatic N) is 1. The summed E-state index contributed by atoms with van der Waals surface area (Å²) in [7, 11) is 0. The Balaban J connectivity index is 1.55. The molecular weight excluding hydrogens is 435 g/mol. The van der Waals surface area contributed by atoms with Gasteiger partial charge in [0.25, 0.3) is 5.91 Å². The van der Waals surface area contributed by atoms with E-state index < -0.39 is 24.3 Å². The number of amides is 1. The maximum atomic E-state index is 13.6. The topological polar surface area (TPSA) is 79.2 Å². The number of nitrogens with one attached hydrogen (secondary N) is 1. The molecule has 3 rings (SSSR count). The van der Waals surface area contributed by atoms with Crippen molar-refractivity contribution in [3.8, 4) is 6.07 Å². The van der Waals surface area contributed by atoms with Gasteiger partial charge < -0.3 is 10.1 Å². The summed E-state index contributed by atoms with van der Waals surface area (Å²) in [6, 6.07) is 6.47. The van der Waals surface area contributed by atoms with Gasteiger partial charge in [0.2, 0.25) is 0 Å². The van der Waals surface area contributed by atoms with E-state index in [9.17, 15) is 19.2 Å². The first kappa shape index (κ1) is 19.3. The zero-order chi connectivity index (χ0) is 19.4. The molecule has 8 heteroatoms. The number of halogens is 2. The van der Waals surface area contributed by atoms with E-state index in [0.717, 1.165) is 35.8 Å². The molecule has 0 bridgehead atoms. The van der Waals surface area contributed by atoms with E-state index in [2.05, 4.69) is 27.3 Å². The molecule has 0 atom stereocenters. The number of ether oxygens (including phenoxy) is 1. The average molecular weight is 449 g/mol. The number of hydrogen-bond acceptors (Lipinski definition) is 5. The van der Waals surface area contributed by atoms with Crippen LogP contribution in [0.15, 0.2) is 28.7 Å². The molecule has 2 aromatic rings. The second-order valence-corrected chi connectivity index (χ2v) is 7.85. The van der Waals surface area contributed by atoms with Gasteiger partial charge in [-0.2, -0.15) is 5.26 Å². The molecule has 27 heavy (non-hydrogen) atoms. The van der Waals surface area contributed by atoms with Crippen molar-refractivity contribution in [1.29, 1.82) is 5.26 Å². The van der Waals surface area contributed by atoms with Crippen molar-refractivity contribution < 1.29 is 18.7 Å². The van der Waals surface area contributed by atoms with E-state index in [1.165, 1.54) is 29.5 Å². The fraction of sp³-hybridized carbons (Fsp3) is 0.211. The molecule has 0 saturated carbocycles. The first-order chi connectivity index (χ1) is 13.0. The number of anilines is 1. The Bertz CT molecular complexity index is 978. The third-order valence-electron chi connectivity index (χ3n) is 3.99. The standard InChI is InChI=1S/C19H14BrFN2O3S/c20-12-5-6-15(21)11(8-12)4-7-18(25)26-10-17(24)23-19-14(9-22)13-2-1-3-16(13)27-19/h4-8H,1-3,10H2,(H,23,24)/b7-4+. The zero-order valence-corrected chi connectivity index (χ0v) is 16.5. The fourth-order valence-electron chi connectivity index (χ4n) is 2.76. The van der Waals surface area contributed by atoms with Gasteiger partial charge in [0.1, 0.15) is 16.9 Å². The number of carbonyl (C=O) groups excluding carboxylic acids is 2. The van der Waals surface area contributed by atoms with Gasteiger partial charge in [-0.15, -0.1) is 11.3 Å². The molecular formula is C19H14BrFN2O3S. The number of esters is 1. The number of thiophene rings is 1. The number of rotatable bonds is 5. The molecule has 1 aliphatic carbocycles. The fourth-order valence-corrected chi connectivity index (χ4v) is 4.39. The van der Waals surface area contributed by atoms with Gasteiger partial charge in [-0.25, -0.2) is 9.18 Å². The largest absolute Gasteiger partial charge is 0.452 e. The van der Waals surface area contributed by atoms with Gasteiger partial charge in [-0.1, -0.05) is 15.9 Å². The maximum absolute atomic E-state index is 13.6. The van der Waals surface area contributed by atoms with E-state index in [1.54, 1.807) is 6.07 Å². The lowest BCUT2D eigenvalue weighted by molar-refractivity contribution is -0.142. The van der Waals surface area contributed by atoms with Crippen molar-refractivity contribution >= 4 is 50.2 Å². The summed E-state index contributed by atoms with van der Waals surface area (Å²) in [5, 5.41) is 12.4. The third kappa shape index (κ3) is 4.62. The van der Waals surface area contributed by atoms with Gasteiger partial charge in [0.05, 0.1) is 5.56 Å². The van der Waals surface area contributed by atoms with Crippen LogP contribution in [-0.4, -0.2) is 18.5 Å². The molecule has 0 radical (unpaired) electrons. The van der Waals surface area contributed by atoms with Crippen molar-refractivity contribution in [3.05, 3.63) is 56.1 Å². The quantitative estimate of drug-likeness (QED) is 0.548. The van der Waals surface area contributed by atoms with Gasteiger partial charge in [-0.05, 0) is 49.1 Å². The second-order valence-electron chi connectivity index (χ2n) is 5.83. The predicted octanol–water partition coefficient (Wildman–Crippen LogP) is 4.21. The molecule has 0 aliphatic heterocycles.